The number of benzene rings is 1. The van der Waals surface area contributed by atoms with Gasteiger partial charge in [0.1, 0.15) is 0 Å². The lowest BCUT2D eigenvalue weighted by atomic mass is 10.1. The number of aromatic nitrogens is 1. The van der Waals surface area contributed by atoms with Crippen LogP contribution in [0.15, 0.2) is 42.7 Å². The first kappa shape index (κ1) is 13.9. The van der Waals surface area contributed by atoms with Gasteiger partial charge in [0.25, 0.3) is 0 Å². The van der Waals surface area contributed by atoms with Gasteiger partial charge in [0, 0.05) is 18.9 Å². The SMILES string of the molecule is CCOC(=O)c1ccc(N)c(NCc2cccnc2)c1. The fourth-order valence-corrected chi connectivity index (χ4v) is 1.75. The Morgan fingerprint density at radius 2 is 2.25 bits per heavy atom. The highest BCUT2D eigenvalue weighted by Crippen LogP contribution is 2.21. The van der Waals surface area contributed by atoms with Crippen LogP contribution in [0.25, 0.3) is 0 Å². The molecule has 0 aliphatic carbocycles. The number of nitrogens with two attached hydrogens (primary N) is 1. The van der Waals surface area contributed by atoms with E-state index in [4.69, 9.17) is 10.5 Å². The number of hydrogen-bond donors (Lipinski definition) is 2. The van der Waals surface area contributed by atoms with E-state index in [-0.39, 0.29) is 5.97 Å². The highest BCUT2D eigenvalue weighted by atomic mass is 16.5. The molecular formula is C15H17N3O2. The molecule has 5 nitrogen and oxygen atoms in total. The summed E-state index contributed by atoms with van der Waals surface area (Å²) in [7, 11) is 0. The fraction of sp³-hybridized carbons (Fsp3) is 0.200. The summed E-state index contributed by atoms with van der Waals surface area (Å²) in [6.07, 6.45) is 3.50. The van der Waals surface area contributed by atoms with E-state index >= 15 is 0 Å². The second-order valence-corrected chi connectivity index (χ2v) is 4.24. The first-order chi connectivity index (χ1) is 9.70. The van der Waals surface area contributed by atoms with Gasteiger partial charge >= 0.3 is 5.97 Å². The zero-order chi connectivity index (χ0) is 14.4. The van der Waals surface area contributed by atoms with Crippen LogP contribution in [0.5, 0.6) is 0 Å². The van der Waals surface area contributed by atoms with Crippen molar-refractivity contribution in [2.45, 2.75) is 13.5 Å². The molecule has 5 heteroatoms. The summed E-state index contributed by atoms with van der Waals surface area (Å²) < 4.78 is 4.97. The third kappa shape index (κ3) is 3.47. The maximum absolute atomic E-state index is 11.7. The number of nitrogen functional groups attached to an aromatic ring is 1. The monoisotopic (exact) mass is 271 g/mol. The maximum Gasteiger partial charge on any atom is 0.338 e. The van der Waals surface area contributed by atoms with Gasteiger partial charge in [-0.05, 0) is 36.8 Å². The van der Waals surface area contributed by atoms with E-state index in [1.54, 1.807) is 37.5 Å². The van der Waals surface area contributed by atoms with Gasteiger partial charge in [0.2, 0.25) is 0 Å². The van der Waals surface area contributed by atoms with E-state index in [2.05, 4.69) is 10.3 Å². The van der Waals surface area contributed by atoms with Crippen molar-refractivity contribution in [2.24, 2.45) is 0 Å². The van der Waals surface area contributed by atoms with Gasteiger partial charge in [-0.1, -0.05) is 6.07 Å². The average Bonchev–Trinajstić information content (AvgIpc) is 2.47. The molecule has 0 radical (unpaired) electrons. The van der Waals surface area contributed by atoms with E-state index in [0.29, 0.717) is 30.1 Å². The van der Waals surface area contributed by atoms with Gasteiger partial charge < -0.3 is 15.8 Å². The van der Waals surface area contributed by atoms with Crippen molar-refractivity contribution >= 4 is 17.3 Å². The zero-order valence-electron chi connectivity index (χ0n) is 11.3. The van der Waals surface area contributed by atoms with Crippen molar-refractivity contribution in [3.63, 3.8) is 0 Å². The smallest absolute Gasteiger partial charge is 0.338 e. The first-order valence-corrected chi connectivity index (χ1v) is 6.40. The molecule has 1 aromatic carbocycles. The van der Waals surface area contributed by atoms with Crippen LogP contribution in [0.1, 0.15) is 22.8 Å². The lowest BCUT2D eigenvalue weighted by Gasteiger charge is -2.11. The Labute approximate surface area is 117 Å². The van der Waals surface area contributed by atoms with Crippen molar-refractivity contribution in [1.82, 2.24) is 4.98 Å². The molecule has 2 rings (SSSR count). The van der Waals surface area contributed by atoms with Crippen molar-refractivity contribution in [1.29, 1.82) is 0 Å². The van der Waals surface area contributed by atoms with E-state index < -0.39 is 0 Å². The highest BCUT2D eigenvalue weighted by Gasteiger charge is 2.09. The van der Waals surface area contributed by atoms with Crippen LogP contribution in [-0.4, -0.2) is 17.6 Å². The Hall–Kier alpha value is -2.56. The number of anilines is 2. The minimum absolute atomic E-state index is 0.349. The van der Waals surface area contributed by atoms with Crippen LogP contribution in [0.2, 0.25) is 0 Å². The number of hydrogen-bond acceptors (Lipinski definition) is 5. The molecule has 0 fully saturated rings. The normalized spacial score (nSPS) is 10.1. The van der Waals surface area contributed by atoms with Gasteiger partial charge in [-0.3, -0.25) is 4.98 Å². The van der Waals surface area contributed by atoms with Crippen molar-refractivity contribution in [3.8, 4) is 0 Å². The van der Waals surface area contributed by atoms with E-state index in [1.807, 2.05) is 12.1 Å². The average molecular weight is 271 g/mol. The molecule has 104 valence electrons. The summed E-state index contributed by atoms with van der Waals surface area (Å²) in [5.74, 6) is -0.350. The number of nitrogens with one attached hydrogen (secondary N) is 1. The molecule has 2 aromatic rings. The van der Waals surface area contributed by atoms with E-state index in [0.717, 1.165) is 5.56 Å². The van der Waals surface area contributed by atoms with Crippen molar-refractivity contribution < 1.29 is 9.53 Å². The number of carbonyl (C=O) groups is 1. The number of carbonyl (C=O) groups excluding carboxylic acids is 1. The maximum atomic E-state index is 11.7. The lowest BCUT2D eigenvalue weighted by molar-refractivity contribution is 0.0526. The molecule has 0 saturated carbocycles. The molecule has 20 heavy (non-hydrogen) atoms. The molecular weight excluding hydrogens is 254 g/mol. The second kappa shape index (κ2) is 6.56. The molecule has 0 atom stereocenters. The van der Waals surface area contributed by atoms with Crippen LogP contribution in [-0.2, 0) is 11.3 Å². The Kier molecular flexibility index (Phi) is 4.55. The summed E-state index contributed by atoms with van der Waals surface area (Å²) in [6.45, 7) is 2.71. The number of rotatable bonds is 5. The predicted octanol–water partition coefficient (Wildman–Crippen LogP) is 2.45. The molecule has 0 amide bonds. The van der Waals surface area contributed by atoms with Crippen LogP contribution in [0, 0.1) is 0 Å². The van der Waals surface area contributed by atoms with Gasteiger partial charge in [-0.2, -0.15) is 0 Å². The summed E-state index contributed by atoms with van der Waals surface area (Å²) >= 11 is 0. The molecule has 0 unspecified atom stereocenters. The topological polar surface area (TPSA) is 77.2 Å². The first-order valence-electron chi connectivity index (χ1n) is 6.40. The minimum Gasteiger partial charge on any atom is -0.462 e. The molecule has 0 aliphatic rings. The number of pyridine rings is 1. The molecule has 1 aromatic heterocycles. The standard InChI is InChI=1S/C15H17N3O2/c1-2-20-15(19)12-5-6-13(16)14(8-12)18-10-11-4-3-7-17-9-11/h3-9,18H,2,10,16H2,1H3. The van der Waals surface area contributed by atoms with Crippen molar-refractivity contribution in [3.05, 3.63) is 53.9 Å². The number of ether oxygens (including phenoxy) is 1. The third-order valence-electron chi connectivity index (χ3n) is 2.77. The quantitative estimate of drug-likeness (QED) is 0.645. The molecule has 0 saturated heterocycles. The summed E-state index contributed by atoms with van der Waals surface area (Å²) in [6, 6.07) is 8.88. The van der Waals surface area contributed by atoms with Crippen LogP contribution < -0.4 is 11.1 Å². The van der Waals surface area contributed by atoms with E-state index in [1.165, 1.54) is 0 Å². The van der Waals surface area contributed by atoms with Gasteiger partial charge in [0.05, 0.1) is 23.5 Å². The molecule has 0 spiro atoms. The lowest BCUT2D eigenvalue weighted by Crippen LogP contribution is -2.08. The van der Waals surface area contributed by atoms with E-state index in [9.17, 15) is 4.79 Å². The number of nitrogens with zero attached hydrogens (tertiary/aromatic N) is 1. The predicted molar refractivity (Wildman–Crippen MR) is 78.4 cm³/mol. The fourth-order valence-electron chi connectivity index (χ4n) is 1.75. The van der Waals surface area contributed by atoms with Gasteiger partial charge in [0.15, 0.2) is 0 Å². The van der Waals surface area contributed by atoms with Crippen LogP contribution in [0.4, 0.5) is 11.4 Å². The Bertz CT molecular complexity index is 585. The summed E-state index contributed by atoms with van der Waals surface area (Å²) in [5.41, 5.74) is 8.71. The Morgan fingerprint density at radius 3 is 2.95 bits per heavy atom. The number of esters is 1. The Morgan fingerprint density at radius 1 is 1.40 bits per heavy atom. The van der Waals surface area contributed by atoms with Crippen molar-refractivity contribution in [2.75, 3.05) is 17.7 Å². The molecule has 0 bridgehead atoms. The minimum atomic E-state index is -0.350. The summed E-state index contributed by atoms with van der Waals surface area (Å²) in [4.78, 5) is 15.7. The third-order valence-corrected chi connectivity index (χ3v) is 2.77. The second-order valence-electron chi connectivity index (χ2n) is 4.24. The van der Waals surface area contributed by atoms with Gasteiger partial charge in [-0.25, -0.2) is 4.79 Å². The largest absolute Gasteiger partial charge is 0.462 e. The molecule has 3 N–H and O–H groups in total. The Balaban J connectivity index is 2.10. The van der Waals surface area contributed by atoms with Crippen LogP contribution >= 0.6 is 0 Å². The molecule has 0 aliphatic heterocycles. The van der Waals surface area contributed by atoms with Gasteiger partial charge in [-0.15, -0.1) is 0 Å². The summed E-state index contributed by atoms with van der Waals surface area (Å²) in [5, 5.41) is 3.19. The van der Waals surface area contributed by atoms with Crippen LogP contribution in [0.3, 0.4) is 0 Å². The zero-order valence-corrected chi connectivity index (χ0v) is 11.3. The highest BCUT2D eigenvalue weighted by molar-refractivity contribution is 5.92. The molecule has 1 heterocycles.